The number of carbonyl (C=O) groups excluding carboxylic acids is 1. The molecule has 1 aromatic carbocycles. The van der Waals surface area contributed by atoms with Gasteiger partial charge >= 0.3 is 11.9 Å². The van der Waals surface area contributed by atoms with Crippen LogP contribution in [0.2, 0.25) is 0 Å². The van der Waals surface area contributed by atoms with Gasteiger partial charge in [-0.2, -0.15) is 0 Å². The van der Waals surface area contributed by atoms with Crippen molar-refractivity contribution < 1.29 is 29.3 Å². The Morgan fingerprint density at radius 2 is 1.96 bits per heavy atom. The van der Waals surface area contributed by atoms with Gasteiger partial charge < -0.3 is 24.7 Å². The first-order valence-corrected chi connectivity index (χ1v) is 7.83. The summed E-state index contributed by atoms with van der Waals surface area (Å²) in [4.78, 5) is 30.7. The average molecular weight is 350 g/mol. The molecule has 0 spiro atoms. The van der Waals surface area contributed by atoms with Gasteiger partial charge in [0.05, 0.1) is 5.52 Å². The number of fused-ring (bicyclic) bond motifs is 1. The van der Waals surface area contributed by atoms with Crippen molar-refractivity contribution in [2.45, 2.75) is 46.1 Å². The van der Waals surface area contributed by atoms with Crippen LogP contribution in [0.25, 0.3) is 11.0 Å². The number of aromatic amines is 1. The molecule has 8 nitrogen and oxygen atoms in total. The number of rotatable bonds is 5. The third-order valence-electron chi connectivity index (χ3n) is 3.24. The zero-order valence-corrected chi connectivity index (χ0v) is 14.8. The van der Waals surface area contributed by atoms with E-state index in [1.54, 1.807) is 20.8 Å². The van der Waals surface area contributed by atoms with Crippen LogP contribution in [-0.2, 0) is 9.53 Å². The van der Waals surface area contributed by atoms with Crippen molar-refractivity contribution in [3.8, 4) is 11.5 Å². The maximum Gasteiger partial charge on any atom is 0.344 e. The SMILES string of the molecule is CC(C)c1nc2c(C(=O)O)c(OCC(=O)OC(C)(C)C)c(O)cc2[nH]1. The van der Waals surface area contributed by atoms with Gasteiger partial charge in [-0.3, -0.25) is 0 Å². The molecule has 0 unspecified atom stereocenters. The summed E-state index contributed by atoms with van der Waals surface area (Å²) in [6.45, 7) is 8.38. The van der Waals surface area contributed by atoms with Crippen LogP contribution < -0.4 is 4.74 Å². The molecular formula is C17H22N2O6. The molecule has 2 aromatic rings. The number of H-pyrrole nitrogens is 1. The van der Waals surface area contributed by atoms with Gasteiger partial charge in [0.1, 0.15) is 22.5 Å². The Labute approximate surface area is 144 Å². The third kappa shape index (κ3) is 4.20. The molecule has 0 atom stereocenters. The van der Waals surface area contributed by atoms with E-state index in [9.17, 15) is 19.8 Å². The van der Waals surface area contributed by atoms with Crippen molar-refractivity contribution in [1.29, 1.82) is 0 Å². The maximum atomic E-state index is 11.8. The summed E-state index contributed by atoms with van der Waals surface area (Å²) < 4.78 is 10.4. The number of carboxylic acids is 1. The molecule has 0 aliphatic heterocycles. The molecular weight excluding hydrogens is 328 g/mol. The van der Waals surface area contributed by atoms with E-state index in [4.69, 9.17) is 9.47 Å². The average Bonchev–Trinajstić information content (AvgIpc) is 2.85. The molecule has 8 heteroatoms. The molecule has 0 bridgehead atoms. The number of hydrogen-bond donors (Lipinski definition) is 3. The number of esters is 1. The number of phenolic OH excluding ortho intramolecular Hbond substituents is 1. The van der Waals surface area contributed by atoms with Crippen LogP contribution in [0.15, 0.2) is 6.07 Å². The molecule has 0 amide bonds. The summed E-state index contributed by atoms with van der Waals surface area (Å²) in [6, 6.07) is 1.32. The molecule has 3 N–H and O–H groups in total. The molecule has 1 heterocycles. The molecule has 2 rings (SSSR count). The molecule has 0 radical (unpaired) electrons. The van der Waals surface area contributed by atoms with Crippen molar-refractivity contribution in [1.82, 2.24) is 9.97 Å². The lowest BCUT2D eigenvalue weighted by molar-refractivity contribution is -0.157. The lowest BCUT2D eigenvalue weighted by Crippen LogP contribution is -2.27. The number of hydrogen-bond acceptors (Lipinski definition) is 6. The first kappa shape index (κ1) is 18.6. The fraction of sp³-hybridized carbons (Fsp3) is 0.471. The number of phenols is 1. The number of ether oxygens (including phenoxy) is 2. The highest BCUT2D eigenvalue weighted by Crippen LogP contribution is 2.36. The Morgan fingerprint density at radius 1 is 1.32 bits per heavy atom. The lowest BCUT2D eigenvalue weighted by atomic mass is 10.1. The Hall–Kier alpha value is -2.77. The summed E-state index contributed by atoms with van der Waals surface area (Å²) in [6.07, 6.45) is 0. The van der Waals surface area contributed by atoms with Gasteiger partial charge in [0, 0.05) is 12.0 Å². The topological polar surface area (TPSA) is 122 Å². The van der Waals surface area contributed by atoms with E-state index < -0.39 is 29.9 Å². The first-order valence-electron chi connectivity index (χ1n) is 7.83. The Balaban J connectivity index is 2.41. The normalized spacial score (nSPS) is 11.8. The monoisotopic (exact) mass is 350 g/mol. The largest absolute Gasteiger partial charge is 0.504 e. The second kappa shape index (κ2) is 6.62. The number of aromatic nitrogens is 2. The van der Waals surface area contributed by atoms with E-state index in [0.717, 1.165) is 0 Å². The van der Waals surface area contributed by atoms with Gasteiger partial charge in [-0.25, -0.2) is 14.6 Å². The number of carboxylic acid groups (broad SMARTS) is 1. The van der Waals surface area contributed by atoms with Gasteiger partial charge in [0.25, 0.3) is 0 Å². The minimum absolute atomic E-state index is 0.0438. The van der Waals surface area contributed by atoms with Crippen LogP contribution in [0.3, 0.4) is 0 Å². The summed E-state index contributed by atoms with van der Waals surface area (Å²) in [7, 11) is 0. The van der Waals surface area contributed by atoms with E-state index in [2.05, 4.69) is 9.97 Å². The predicted molar refractivity (Wildman–Crippen MR) is 90.1 cm³/mol. The summed E-state index contributed by atoms with van der Waals surface area (Å²) in [5.74, 6) is -2.07. The molecule has 0 saturated carbocycles. The number of benzene rings is 1. The zero-order valence-electron chi connectivity index (χ0n) is 14.8. The molecule has 0 saturated heterocycles. The van der Waals surface area contributed by atoms with Crippen molar-refractivity contribution in [2.75, 3.05) is 6.61 Å². The minimum Gasteiger partial charge on any atom is -0.504 e. The molecule has 0 aliphatic carbocycles. The third-order valence-corrected chi connectivity index (χ3v) is 3.24. The molecule has 0 fully saturated rings. The van der Waals surface area contributed by atoms with Crippen LogP contribution in [0, 0.1) is 0 Å². The number of imidazole rings is 1. The predicted octanol–water partition coefficient (Wildman–Crippen LogP) is 2.81. The first-order chi connectivity index (χ1) is 11.5. The van der Waals surface area contributed by atoms with Gasteiger partial charge in [-0.15, -0.1) is 0 Å². The fourth-order valence-electron chi connectivity index (χ4n) is 2.26. The number of aromatic carboxylic acids is 1. The van der Waals surface area contributed by atoms with E-state index in [1.165, 1.54) is 6.07 Å². The molecule has 136 valence electrons. The van der Waals surface area contributed by atoms with Gasteiger partial charge in [-0.1, -0.05) is 13.8 Å². The van der Waals surface area contributed by atoms with Crippen molar-refractivity contribution in [3.63, 3.8) is 0 Å². The lowest BCUT2D eigenvalue weighted by Gasteiger charge is -2.19. The quantitative estimate of drug-likeness (QED) is 0.709. The second-order valence-electron chi connectivity index (χ2n) is 6.95. The smallest absolute Gasteiger partial charge is 0.344 e. The second-order valence-corrected chi connectivity index (χ2v) is 6.95. The van der Waals surface area contributed by atoms with Crippen LogP contribution in [0.5, 0.6) is 11.5 Å². The number of aromatic hydroxyl groups is 1. The van der Waals surface area contributed by atoms with E-state index >= 15 is 0 Å². The zero-order chi connectivity index (χ0) is 18.9. The Bertz CT molecular complexity index is 817. The standard InChI is InChI=1S/C17H22N2O6/c1-8(2)15-18-9-6-10(20)14(12(16(22)23)13(9)19-15)24-7-11(21)25-17(3,4)5/h6,8,20H,7H2,1-5H3,(H,18,19)(H,22,23). The van der Waals surface area contributed by atoms with Crippen molar-refractivity contribution in [3.05, 3.63) is 17.5 Å². The van der Waals surface area contributed by atoms with Crippen molar-refractivity contribution in [2.24, 2.45) is 0 Å². The number of nitrogens with one attached hydrogen (secondary N) is 1. The van der Waals surface area contributed by atoms with Crippen LogP contribution in [-0.4, -0.2) is 44.3 Å². The summed E-state index contributed by atoms with van der Waals surface area (Å²) >= 11 is 0. The molecule has 25 heavy (non-hydrogen) atoms. The maximum absolute atomic E-state index is 11.8. The Kier molecular flexibility index (Phi) is 4.92. The highest BCUT2D eigenvalue weighted by atomic mass is 16.6. The van der Waals surface area contributed by atoms with Gasteiger partial charge in [0.15, 0.2) is 18.1 Å². The van der Waals surface area contributed by atoms with E-state index in [1.807, 2.05) is 13.8 Å². The number of nitrogens with zero attached hydrogens (tertiary/aromatic N) is 1. The highest BCUT2D eigenvalue weighted by molar-refractivity contribution is 6.05. The summed E-state index contributed by atoms with van der Waals surface area (Å²) in [5, 5.41) is 19.7. The fourth-order valence-corrected chi connectivity index (χ4v) is 2.26. The van der Waals surface area contributed by atoms with Crippen LogP contribution in [0.4, 0.5) is 0 Å². The molecule has 0 aliphatic rings. The highest BCUT2D eigenvalue weighted by Gasteiger charge is 2.25. The van der Waals surface area contributed by atoms with E-state index in [0.29, 0.717) is 11.3 Å². The minimum atomic E-state index is -1.32. The van der Waals surface area contributed by atoms with Crippen LogP contribution in [0.1, 0.15) is 56.7 Å². The van der Waals surface area contributed by atoms with Crippen LogP contribution >= 0.6 is 0 Å². The number of carbonyl (C=O) groups is 2. The van der Waals surface area contributed by atoms with E-state index in [-0.39, 0.29) is 22.7 Å². The van der Waals surface area contributed by atoms with Gasteiger partial charge in [0.2, 0.25) is 0 Å². The summed E-state index contributed by atoms with van der Waals surface area (Å²) in [5.41, 5.74) is -0.464. The Morgan fingerprint density at radius 3 is 2.48 bits per heavy atom. The molecule has 1 aromatic heterocycles. The van der Waals surface area contributed by atoms with Crippen molar-refractivity contribution >= 4 is 23.0 Å². The van der Waals surface area contributed by atoms with Gasteiger partial charge in [-0.05, 0) is 20.8 Å².